The van der Waals surface area contributed by atoms with Gasteiger partial charge in [-0.05, 0) is 69.5 Å². The van der Waals surface area contributed by atoms with Crippen molar-refractivity contribution >= 4 is 28.0 Å². The number of rotatable bonds is 10. The van der Waals surface area contributed by atoms with Gasteiger partial charge in [-0.3, -0.25) is 4.90 Å². The molecule has 13 heteroatoms. The molecule has 0 spiro atoms. The molecule has 0 aliphatic carbocycles. The van der Waals surface area contributed by atoms with Crippen LogP contribution in [0.4, 0.5) is 10.7 Å². The third kappa shape index (κ3) is 9.12. The summed E-state index contributed by atoms with van der Waals surface area (Å²) in [5, 5.41) is 9.39. The van der Waals surface area contributed by atoms with Gasteiger partial charge in [0.25, 0.3) is 10.0 Å². The van der Waals surface area contributed by atoms with Crippen LogP contribution in [0.15, 0.2) is 83.8 Å². The summed E-state index contributed by atoms with van der Waals surface area (Å²) in [5.74, 6) is -1.37. The van der Waals surface area contributed by atoms with Gasteiger partial charge < -0.3 is 19.5 Å². The first kappa shape index (κ1) is 35.3. The smallest absolute Gasteiger partial charge is 0.410 e. The first-order valence-electron chi connectivity index (χ1n) is 15.9. The second-order valence-electron chi connectivity index (χ2n) is 13.0. The van der Waals surface area contributed by atoms with Crippen molar-refractivity contribution in [2.24, 2.45) is 0 Å². The summed E-state index contributed by atoms with van der Waals surface area (Å²) in [6.07, 6.45) is -0.403. The first-order chi connectivity index (χ1) is 23.2. The number of hydrogen-bond acceptors (Lipinski definition) is 9. The normalized spacial score (nSPS) is 15.4. The zero-order valence-electron chi connectivity index (χ0n) is 28.2. The van der Waals surface area contributed by atoms with Crippen LogP contribution >= 0.6 is 0 Å². The largest absolute Gasteiger partial charge is 0.478 e. The highest BCUT2D eigenvalue weighted by atomic mass is 32.2. The third-order valence-corrected chi connectivity index (χ3v) is 9.29. The number of nitrogens with one attached hydrogen (secondary N) is 1. The number of nitrogens with zero attached hydrogens (tertiary/aromatic N) is 4. The van der Waals surface area contributed by atoms with Crippen LogP contribution in [0, 0.1) is 13.8 Å². The van der Waals surface area contributed by atoms with E-state index in [1.807, 2.05) is 83.1 Å². The zero-order chi connectivity index (χ0) is 35.3. The fourth-order valence-corrected chi connectivity index (χ4v) is 6.61. The lowest BCUT2D eigenvalue weighted by molar-refractivity contribution is -0.00448. The van der Waals surface area contributed by atoms with Gasteiger partial charge in [-0.2, -0.15) is 4.98 Å². The lowest BCUT2D eigenvalue weighted by Gasteiger charge is -2.41. The summed E-state index contributed by atoms with van der Waals surface area (Å²) >= 11 is 0. The van der Waals surface area contributed by atoms with Crippen LogP contribution in [0.5, 0.6) is 5.88 Å². The Hall–Kier alpha value is -5.01. The number of carbonyl (C=O) groups is 2. The second kappa shape index (κ2) is 14.6. The zero-order valence-corrected chi connectivity index (χ0v) is 29.0. The highest BCUT2D eigenvalue weighted by Crippen LogP contribution is 2.30. The SMILES string of the molecule is Cc1cccc(C)c1-c1cc(OCC2CN(C(=O)OC(C)(C)C)CCN2Cc2ccccc2)nc(NS(=O)(=O)c2cccc(C(=O)O)c2)n1. The standard InChI is InChI=1S/C36H41N5O7S/c1-24-11-9-12-25(2)32(24)30-20-31(38-34(37-30)39-49(45,46)29-16-10-15-27(19-29)33(42)43)47-23-28-22-41(35(44)48-36(3,4)5)18-17-40(28)21-26-13-7-6-8-14-26/h6-16,19-20,28H,17-18,21-23H2,1-5H3,(H,42,43)(H,37,38,39). The van der Waals surface area contributed by atoms with Gasteiger partial charge in [0, 0.05) is 37.8 Å². The highest BCUT2D eigenvalue weighted by molar-refractivity contribution is 7.92. The maximum atomic E-state index is 13.4. The van der Waals surface area contributed by atoms with Gasteiger partial charge >= 0.3 is 12.1 Å². The van der Waals surface area contributed by atoms with Crippen molar-refractivity contribution in [2.75, 3.05) is 31.0 Å². The topological polar surface area (TPSA) is 151 Å². The van der Waals surface area contributed by atoms with Gasteiger partial charge in [-0.25, -0.2) is 27.7 Å². The van der Waals surface area contributed by atoms with Gasteiger partial charge in [0.05, 0.1) is 22.2 Å². The van der Waals surface area contributed by atoms with E-state index in [4.69, 9.17) is 9.47 Å². The maximum Gasteiger partial charge on any atom is 0.410 e. The van der Waals surface area contributed by atoms with Gasteiger partial charge in [0.15, 0.2) is 0 Å². The number of aromatic nitrogens is 2. The average Bonchev–Trinajstić information content (AvgIpc) is 3.03. The molecular formula is C36H41N5O7S. The van der Waals surface area contributed by atoms with E-state index < -0.39 is 27.7 Å². The van der Waals surface area contributed by atoms with Crippen LogP contribution < -0.4 is 9.46 Å². The fourth-order valence-electron chi connectivity index (χ4n) is 5.62. The number of aromatic carboxylic acids is 1. The molecule has 1 aliphatic heterocycles. The molecule has 1 fully saturated rings. The second-order valence-corrected chi connectivity index (χ2v) is 14.6. The van der Waals surface area contributed by atoms with Crippen molar-refractivity contribution in [3.8, 4) is 17.1 Å². The average molecular weight is 688 g/mol. The van der Waals surface area contributed by atoms with E-state index in [0.29, 0.717) is 31.9 Å². The first-order valence-corrected chi connectivity index (χ1v) is 17.4. The molecule has 49 heavy (non-hydrogen) atoms. The molecule has 1 aliphatic rings. The molecule has 3 aromatic carbocycles. The van der Waals surface area contributed by atoms with Gasteiger partial charge in [0.2, 0.25) is 11.8 Å². The van der Waals surface area contributed by atoms with Crippen LogP contribution in [0.2, 0.25) is 0 Å². The van der Waals surface area contributed by atoms with E-state index in [1.165, 1.54) is 18.2 Å². The van der Waals surface area contributed by atoms with Crippen molar-refractivity contribution in [1.82, 2.24) is 19.8 Å². The number of carbonyl (C=O) groups excluding carboxylic acids is 1. The number of benzene rings is 3. The van der Waals surface area contributed by atoms with Crippen LogP contribution in [-0.4, -0.2) is 83.2 Å². The minimum absolute atomic E-state index is 0.124. The molecule has 1 amide bonds. The Balaban J connectivity index is 1.46. The number of carboxylic acids is 1. The monoisotopic (exact) mass is 687 g/mol. The molecule has 5 rings (SSSR count). The summed E-state index contributed by atoms with van der Waals surface area (Å²) in [6, 6.07) is 22.2. The van der Waals surface area contributed by atoms with E-state index in [-0.39, 0.29) is 34.9 Å². The summed E-state index contributed by atoms with van der Waals surface area (Å²) in [4.78, 5) is 37.2. The molecule has 0 saturated carbocycles. The molecule has 4 aromatic rings. The number of aryl methyl sites for hydroxylation is 2. The Morgan fingerprint density at radius 3 is 2.31 bits per heavy atom. The Kier molecular flexibility index (Phi) is 10.5. The number of carboxylic acid groups (broad SMARTS) is 1. The molecule has 2 N–H and O–H groups in total. The van der Waals surface area contributed by atoms with Crippen molar-refractivity contribution in [3.63, 3.8) is 0 Å². The Morgan fingerprint density at radius 1 is 0.939 bits per heavy atom. The summed E-state index contributed by atoms with van der Waals surface area (Å²) in [6.45, 7) is 11.5. The molecule has 0 radical (unpaired) electrons. The fraction of sp³-hybridized carbons (Fsp3) is 0.333. The van der Waals surface area contributed by atoms with Crippen LogP contribution in [0.25, 0.3) is 11.3 Å². The third-order valence-electron chi connectivity index (χ3n) is 7.97. The predicted molar refractivity (Wildman–Crippen MR) is 185 cm³/mol. The Labute approximate surface area is 286 Å². The molecule has 258 valence electrons. The van der Waals surface area contributed by atoms with Crippen molar-refractivity contribution < 1.29 is 32.6 Å². The molecule has 0 bridgehead atoms. The number of piperazine rings is 1. The molecule has 12 nitrogen and oxygen atoms in total. The number of ether oxygens (including phenoxy) is 2. The minimum atomic E-state index is -4.28. The Bertz CT molecular complexity index is 1910. The highest BCUT2D eigenvalue weighted by Gasteiger charge is 2.33. The maximum absolute atomic E-state index is 13.4. The lowest BCUT2D eigenvalue weighted by Crippen LogP contribution is -2.57. The number of anilines is 1. The molecule has 2 heterocycles. The number of amides is 1. The van der Waals surface area contributed by atoms with Crippen LogP contribution in [0.3, 0.4) is 0 Å². The number of sulfonamides is 1. The molecular weight excluding hydrogens is 646 g/mol. The van der Waals surface area contributed by atoms with Crippen molar-refractivity contribution in [3.05, 3.63) is 101 Å². The summed E-state index contributed by atoms with van der Waals surface area (Å²) in [5.41, 5.74) is 3.36. The van der Waals surface area contributed by atoms with E-state index in [0.717, 1.165) is 28.3 Å². The van der Waals surface area contributed by atoms with E-state index >= 15 is 0 Å². The Morgan fingerprint density at radius 2 is 1.63 bits per heavy atom. The van der Waals surface area contributed by atoms with Gasteiger partial charge in [-0.15, -0.1) is 0 Å². The molecule has 1 unspecified atom stereocenters. The number of hydrogen-bond donors (Lipinski definition) is 2. The van der Waals surface area contributed by atoms with Gasteiger partial charge in [-0.1, -0.05) is 54.6 Å². The van der Waals surface area contributed by atoms with Crippen molar-refractivity contribution in [2.45, 2.75) is 57.7 Å². The minimum Gasteiger partial charge on any atom is -0.478 e. The van der Waals surface area contributed by atoms with Crippen molar-refractivity contribution in [1.29, 1.82) is 0 Å². The van der Waals surface area contributed by atoms with Crippen LogP contribution in [0.1, 0.15) is 47.8 Å². The molecule has 1 saturated heterocycles. The summed E-state index contributed by atoms with van der Waals surface area (Å²) < 4.78 is 41.2. The lowest BCUT2D eigenvalue weighted by atomic mass is 10.00. The molecule has 1 aromatic heterocycles. The molecule has 1 atom stereocenters. The predicted octanol–water partition coefficient (Wildman–Crippen LogP) is 5.76. The van der Waals surface area contributed by atoms with Gasteiger partial charge in [0.1, 0.15) is 12.2 Å². The van der Waals surface area contributed by atoms with Crippen LogP contribution in [-0.2, 0) is 21.3 Å². The van der Waals surface area contributed by atoms with E-state index in [2.05, 4.69) is 19.6 Å². The van der Waals surface area contributed by atoms with E-state index in [1.54, 1.807) is 11.0 Å². The van der Waals surface area contributed by atoms with E-state index in [9.17, 15) is 23.1 Å². The quantitative estimate of drug-likeness (QED) is 0.211. The summed E-state index contributed by atoms with van der Waals surface area (Å²) in [7, 11) is -4.28.